The molecule has 2 heterocycles. The van der Waals surface area contributed by atoms with Crippen molar-refractivity contribution in [2.75, 3.05) is 13.2 Å². The van der Waals surface area contributed by atoms with E-state index in [1.54, 1.807) is 0 Å². The molecule has 2 aromatic rings. The first-order valence-electron chi connectivity index (χ1n) is 11.4. The summed E-state index contributed by atoms with van der Waals surface area (Å²) in [5, 5.41) is 11.9. The van der Waals surface area contributed by atoms with Crippen LogP contribution in [0.25, 0.3) is 0 Å². The van der Waals surface area contributed by atoms with E-state index in [9.17, 15) is 9.90 Å². The molecule has 2 fully saturated rings. The van der Waals surface area contributed by atoms with Crippen molar-refractivity contribution in [3.63, 3.8) is 0 Å². The maximum atomic E-state index is 13.0. The molecule has 2 aromatic carbocycles. The van der Waals surface area contributed by atoms with Gasteiger partial charge in [0.2, 0.25) is 0 Å². The molecule has 2 atom stereocenters. The molecule has 5 heteroatoms. The van der Waals surface area contributed by atoms with Crippen molar-refractivity contribution in [2.45, 2.75) is 70.7 Å². The summed E-state index contributed by atoms with van der Waals surface area (Å²) in [6.07, 6.45) is 2.36. The zero-order valence-corrected chi connectivity index (χ0v) is 18.8. The number of aliphatic hydroxyl groups is 1. The van der Waals surface area contributed by atoms with Gasteiger partial charge in [-0.25, -0.2) is 4.79 Å². The van der Waals surface area contributed by atoms with Crippen molar-refractivity contribution in [3.8, 4) is 0 Å². The average Bonchev–Trinajstić information content (AvgIpc) is 2.76. The first kappa shape index (κ1) is 21.8. The zero-order valence-electron chi connectivity index (χ0n) is 18.8. The molecule has 2 bridgehead atoms. The number of hydrogen-bond donors (Lipinski definition) is 1. The van der Waals surface area contributed by atoms with Gasteiger partial charge in [0, 0.05) is 12.8 Å². The summed E-state index contributed by atoms with van der Waals surface area (Å²) in [7, 11) is 0. The van der Waals surface area contributed by atoms with E-state index in [4.69, 9.17) is 9.47 Å². The van der Waals surface area contributed by atoms with Crippen LogP contribution in [0.5, 0.6) is 0 Å². The number of aryl methyl sites for hydroxylation is 3. The largest absolute Gasteiger partial charge is 0.445 e. The molecule has 2 aliphatic heterocycles. The van der Waals surface area contributed by atoms with Gasteiger partial charge in [-0.2, -0.15) is 0 Å². The Kier molecular flexibility index (Phi) is 6.35. The minimum absolute atomic E-state index is 0.198. The van der Waals surface area contributed by atoms with Crippen LogP contribution >= 0.6 is 0 Å². The molecule has 0 radical (unpaired) electrons. The second-order valence-corrected chi connectivity index (χ2v) is 8.90. The molecule has 0 spiro atoms. The highest BCUT2D eigenvalue weighted by atomic mass is 16.6. The van der Waals surface area contributed by atoms with E-state index in [1.807, 2.05) is 35.2 Å². The van der Waals surface area contributed by atoms with Gasteiger partial charge >= 0.3 is 6.09 Å². The van der Waals surface area contributed by atoms with Crippen LogP contribution in [0.4, 0.5) is 4.79 Å². The van der Waals surface area contributed by atoms with E-state index in [2.05, 4.69) is 32.9 Å². The number of ether oxygens (including phenoxy) is 2. The van der Waals surface area contributed by atoms with E-state index < -0.39 is 5.60 Å². The normalized spacial score (nSPS) is 25.4. The standard InChI is InChI=1S/C26H33NO4/c1-4-20-11-18(3)12-21(5-2)24(20)26(29)13-22-16-30-17-23(14-26)27(22)25(28)31-15-19-9-7-6-8-10-19/h6-12,22-23,29H,4-5,13-17H2,1-3H3. The van der Waals surface area contributed by atoms with Gasteiger partial charge in [0.25, 0.3) is 0 Å². The number of rotatable bonds is 5. The fraction of sp³-hybridized carbons (Fsp3) is 0.500. The van der Waals surface area contributed by atoms with Crippen LogP contribution in [0.2, 0.25) is 0 Å². The highest BCUT2D eigenvalue weighted by Crippen LogP contribution is 2.44. The highest BCUT2D eigenvalue weighted by Gasteiger charge is 2.50. The number of nitrogens with zero attached hydrogens (tertiary/aromatic N) is 1. The Morgan fingerprint density at radius 3 is 2.23 bits per heavy atom. The first-order chi connectivity index (χ1) is 14.9. The van der Waals surface area contributed by atoms with Gasteiger partial charge in [0.05, 0.1) is 30.9 Å². The van der Waals surface area contributed by atoms with Gasteiger partial charge in [-0.3, -0.25) is 4.90 Å². The second kappa shape index (κ2) is 9.01. The van der Waals surface area contributed by atoms with Crippen LogP contribution < -0.4 is 0 Å². The zero-order chi connectivity index (χ0) is 22.0. The SMILES string of the molecule is CCc1cc(C)cc(CC)c1C1(O)CC2COCC(C1)N2C(=O)OCc1ccccc1. The van der Waals surface area contributed by atoms with Gasteiger partial charge in [-0.1, -0.05) is 61.9 Å². The van der Waals surface area contributed by atoms with Crippen LogP contribution in [-0.2, 0) is 34.5 Å². The number of piperidine rings is 1. The molecule has 2 unspecified atom stereocenters. The molecular formula is C26H33NO4. The average molecular weight is 424 g/mol. The van der Waals surface area contributed by atoms with Gasteiger partial charge in [-0.15, -0.1) is 0 Å². The van der Waals surface area contributed by atoms with Gasteiger partial charge in [-0.05, 0) is 42.0 Å². The van der Waals surface area contributed by atoms with Crippen molar-refractivity contribution in [2.24, 2.45) is 0 Å². The second-order valence-electron chi connectivity index (χ2n) is 8.90. The number of hydrogen-bond acceptors (Lipinski definition) is 4. The smallest absolute Gasteiger partial charge is 0.410 e. The fourth-order valence-corrected chi connectivity index (χ4v) is 5.37. The van der Waals surface area contributed by atoms with Crippen molar-refractivity contribution in [3.05, 3.63) is 70.3 Å². The summed E-state index contributed by atoms with van der Waals surface area (Å²) >= 11 is 0. The van der Waals surface area contributed by atoms with Gasteiger partial charge in [0.15, 0.2) is 0 Å². The number of morpholine rings is 1. The van der Waals surface area contributed by atoms with Crippen molar-refractivity contribution >= 4 is 6.09 Å². The van der Waals surface area contributed by atoms with Crippen molar-refractivity contribution < 1.29 is 19.4 Å². The van der Waals surface area contributed by atoms with Gasteiger partial charge < -0.3 is 14.6 Å². The predicted molar refractivity (Wildman–Crippen MR) is 120 cm³/mol. The number of benzene rings is 2. The molecule has 166 valence electrons. The lowest BCUT2D eigenvalue weighted by Crippen LogP contribution is -2.62. The Morgan fingerprint density at radius 2 is 1.68 bits per heavy atom. The lowest BCUT2D eigenvalue weighted by atomic mass is 9.73. The minimum Gasteiger partial charge on any atom is -0.445 e. The predicted octanol–water partition coefficient (Wildman–Crippen LogP) is 4.51. The topological polar surface area (TPSA) is 59.0 Å². The number of carbonyl (C=O) groups excluding carboxylic acids is 1. The quantitative estimate of drug-likeness (QED) is 0.769. The number of amides is 1. The van der Waals surface area contributed by atoms with E-state index >= 15 is 0 Å². The molecule has 4 rings (SSSR count). The van der Waals surface area contributed by atoms with Crippen LogP contribution in [0.1, 0.15) is 54.5 Å². The molecule has 1 N–H and O–H groups in total. The Morgan fingerprint density at radius 1 is 1.10 bits per heavy atom. The summed E-state index contributed by atoms with van der Waals surface area (Å²) in [6.45, 7) is 7.49. The lowest BCUT2D eigenvalue weighted by Gasteiger charge is -2.51. The molecule has 1 amide bonds. The lowest BCUT2D eigenvalue weighted by molar-refractivity contribution is -0.137. The molecule has 0 aliphatic carbocycles. The third-order valence-electron chi connectivity index (χ3n) is 6.64. The molecule has 31 heavy (non-hydrogen) atoms. The Hall–Kier alpha value is -2.37. The summed E-state index contributed by atoms with van der Waals surface area (Å²) in [4.78, 5) is 14.8. The van der Waals surface area contributed by atoms with Crippen LogP contribution in [0.15, 0.2) is 42.5 Å². The van der Waals surface area contributed by atoms with Crippen LogP contribution in [0, 0.1) is 6.92 Å². The maximum Gasteiger partial charge on any atom is 0.410 e. The summed E-state index contributed by atoms with van der Waals surface area (Å²) < 4.78 is 11.4. The Balaban J connectivity index is 1.58. The molecular weight excluding hydrogens is 390 g/mol. The van der Waals surface area contributed by atoms with Crippen LogP contribution in [-0.4, -0.2) is 41.4 Å². The van der Waals surface area contributed by atoms with E-state index in [0.717, 1.165) is 24.0 Å². The molecule has 2 saturated heterocycles. The fourth-order valence-electron chi connectivity index (χ4n) is 5.37. The highest BCUT2D eigenvalue weighted by molar-refractivity contribution is 5.69. The van der Waals surface area contributed by atoms with Crippen LogP contribution in [0.3, 0.4) is 0 Å². The maximum absolute atomic E-state index is 13.0. The van der Waals surface area contributed by atoms with Crippen molar-refractivity contribution in [1.29, 1.82) is 0 Å². The molecule has 0 aromatic heterocycles. The number of fused-ring (bicyclic) bond motifs is 2. The van der Waals surface area contributed by atoms with Crippen molar-refractivity contribution in [1.82, 2.24) is 4.90 Å². The van der Waals surface area contributed by atoms with E-state index in [-0.39, 0.29) is 24.8 Å². The van der Waals surface area contributed by atoms with E-state index in [1.165, 1.54) is 16.7 Å². The molecule has 5 nitrogen and oxygen atoms in total. The summed E-state index contributed by atoms with van der Waals surface area (Å²) in [5.41, 5.74) is 4.71. The molecule has 2 aliphatic rings. The summed E-state index contributed by atoms with van der Waals surface area (Å²) in [6, 6.07) is 13.7. The van der Waals surface area contributed by atoms with E-state index in [0.29, 0.717) is 26.1 Å². The molecule has 0 saturated carbocycles. The first-order valence-corrected chi connectivity index (χ1v) is 11.4. The third-order valence-corrected chi connectivity index (χ3v) is 6.64. The minimum atomic E-state index is -0.959. The summed E-state index contributed by atoms with van der Waals surface area (Å²) in [5.74, 6) is 0. The van der Waals surface area contributed by atoms with Gasteiger partial charge in [0.1, 0.15) is 6.61 Å². The Labute approximate surface area is 185 Å². The number of carbonyl (C=O) groups is 1. The third kappa shape index (κ3) is 4.35. The monoisotopic (exact) mass is 423 g/mol. The Bertz CT molecular complexity index is 887.